The van der Waals surface area contributed by atoms with E-state index in [1.165, 1.54) is 5.56 Å². The summed E-state index contributed by atoms with van der Waals surface area (Å²) in [5.41, 5.74) is 2.38. The van der Waals surface area contributed by atoms with Gasteiger partial charge in [0.05, 0.1) is 6.61 Å². The summed E-state index contributed by atoms with van der Waals surface area (Å²) in [5.74, 6) is -0.248. The lowest BCUT2D eigenvalue weighted by molar-refractivity contribution is -0.157. The Morgan fingerprint density at radius 3 is 2.59 bits per heavy atom. The van der Waals surface area contributed by atoms with E-state index in [1.54, 1.807) is 11.8 Å². The first-order valence-corrected chi connectivity index (χ1v) is 10.9. The van der Waals surface area contributed by atoms with Gasteiger partial charge in [0.1, 0.15) is 6.04 Å². The highest BCUT2D eigenvalue weighted by molar-refractivity contribution is 5.86. The number of ether oxygens (including phenoxy) is 1. The van der Waals surface area contributed by atoms with Crippen LogP contribution in [-0.4, -0.2) is 52.8 Å². The second kappa shape index (κ2) is 9.90. The van der Waals surface area contributed by atoms with Crippen LogP contribution in [0.4, 0.5) is 0 Å². The van der Waals surface area contributed by atoms with Gasteiger partial charge in [-0.25, -0.2) is 4.79 Å². The molecule has 0 aromatic heterocycles. The Labute approximate surface area is 173 Å². The maximum Gasteiger partial charge on any atom is 0.328 e. The molecule has 1 aromatic carbocycles. The minimum atomic E-state index is -0.484. The predicted molar refractivity (Wildman–Crippen MR) is 110 cm³/mol. The first-order valence-electron chi connectivity index (χ1n) is 10.9. The van der Waals surface area contributed by atoms with Crippen LogP contribution in [0.3, 0.4) is 0 Å². The molecule has 0 radical (unpaired) electrons. The summed E-state index contributed by atoms with van der Waals surface area (Å²) < 4.78 is 5.18. The SMILES string of the molecule is CCOC(=O)C1CCCCN1C(=O)CC1CCC(=O)N1Cc1ccccc1CC. The van der Waals surface area contributed by atoms with Gasteiger partial charge in [-0.05, 0) is 50.2 Å². The monoisotopic (exact) mass is 400 g/mol. The third kappa shape index (κ3) is 4.98. The number of hydrogen-bond acceptors (Lipinski definition) is 4. The molecule has 6 heteroatoms. The standard InChI is InChI=1S/C23H32N2O4/c1-3-17-9-5-6-10-18(17)16-25-19(12-13-21(25)26)15-22(27)24-14-8-7-11-20(24)23(28)29-4-2/h5-6,9-10,19-20H,3-4,7-8,11-16H2,1-2H3. The van der Waals surface area contributed by atoms with E-state index in [0.717, 1.165) is 24.8 Å². The number of carbonyl (C=O) groups excluding carboxylic acids is 3. The molecule has 2 fully saturated rings. The van der Waals surface area contributed by atoms with Gasteiger partial charge >= 0.3 is 5.97 Å². The highest BCUT2D eigenvalue weighted by Crippen LogP contribution is 2.27. The van der Waals surface area contributed by atoms with Crippen molar-refractivity contribution in [1.82, 2.24) is 9.80 Å². The third-order valence-electron chi connectivity index (χ3n) is 6.08. The summed E-state index contributed by atoms with van der Waals surface area (Å²) in [7, 11) is 0. The average Bonchev–Trinajstić information content (AvgIpc) is 3.08. The number of likely N-dealkylation sites (tertiary alicyclic amines) is 2. The number of piperidine rings is 1. The molecule has 158 valence electrons. The van der Waals surface area contributed by atoms with Crippen molar-refractivity contribution in [2.45, 2.75) is 77.4 Å². The maximum absolute atomic E-state index is 13.1. The smallest absolute Gasteiger partial charge is 0.328 e. The van der Waals surface area contributed by atoms with Crippen LogP contribution < -0.4 is 0 Å². The average molecular weight is 401 g/mol. The number of amides is 2. The predicted octanol–water partition coefficient (Wildman–Crippen LogP) is 3.07. The molecular formula is C23H32N2O4. The summed E-state index contributed by atoms with van der Waals surface area (Å²) in [6, 6.07) is 7.57. The molecule has 29 heavy (non-hydrogen) atoms. The Balaban J connectivity index is 1.69. The number of rotatable bonds is 7. The number of aryl methyl sites for hydroxylation is 1. The minimum absolute atomic E-state index is 0.0452. The Morgan fingerprint density at radius 1 is 1.10 bits per heavy atom. The number of hydrogen-bond donors (Lipinski definition) is 0. The van der Waals surface area contributed by atoms with Crippen molar-refractivity contribution in [3.63, 3.8) is 0 Å². The van der Waals surface area contributed by atoms with Gasteiger partial charge in [0.25, 0.3) is 0 Å². The van der Waals surface area contributed by atoms with Crippen molar-refractivity contribution in [2.75, 3.05) is 13.2 Å². The van der Waals surface area contributed by atoms with Gasteiger partial charge in [0, 0.05) is 32.0 Å². The number of carbonyl (C=O) groups is 3. The van der Waals surface area contributed by atoms with Gasteiger partial charge in [-0.3, -0.25) is 9.59 Å². The van der Waals surface area contributed by atoms with Crippen molar-refractivity contribution in [3.8, 4) is 0 Å². The molecule has 2 heterocycles. The van der Waals surface area contributed by atoms with Gasteiger partial charge in [-0.1, -0.05) is 31.2 Å². The second-order valence-corrected chi connectivity index (χ2v) is 7.89. The molecule has 2 unspecified atom stereocenters. The first-order chi connectivity index (χ1) is 14.0. The zero-order valence-electron chi connectivity index (χ0n) is 17.6. The zero-order valence-corrected chi connectivity index (χ0v) is 17.6. The van der Waals surface area contributed by atoms with E-state index in [1.807, 2.05) is 17.0 Å². The largest absolute Gasteiger partial charge is 0.464 e. The van der Waals surface area contributed by atoms with Gasteiger partial charge in [-0.15, -0.1) is 0 Å². The van der Waals surface area contributed by atoms with Gasteiger partial charge < -0.3 is 14.5 Å². The van der Waals surface area contributed by atoms with E-state index < -0.39 is 6.04 Å². The lowest BCUT2D eigenvalue weighted by atomic mass is 10.00. The highest BCUT2D eigenvalue weighted by Gasteiger charge is 2.37. The van der Waals surface area contributed by atoms with Crippen LogP contribution in [0.25, 0.3) is 0 Å². The third-order valence-corrected chi connectivity index (χ3v) is 6.08. The molecule has 2 amide bonds. The van der Waals surface area contributed by atoms with Crippen molar-refractivity contribution >= 4 is 17.8 Å². The summed E-state index contributed by atoms with van der Waals surface area (Å²) in [4.78, 5) is 41.4. The summed E-state index contributed by atoms with van der Waals surface area (Å²) in [6.45, 7) is 5.34. The van der Waals surface area contributed by atoms with E-state index in [-0.39, 0.29) is 30.2 Å². The lowest BCUT2D eigenvalue weighted by Crippen LogP contribution is -2.50. The molecule has 2 aliphatic heterocycles. The fraction of sp³-hybridized carbons (Fsp3) is 0.609. The molecule has 2 aliphatic rings. The van der Waals surface area contributed by atoms with Crippen LogP contribution in [-0.2, 0) is 32.1 Å². The zero-order chi connectivity index (χ0) is 20.8. The van der Waals surface area contributed by atoms with Crippen LogP contribution in [0.2, 0.25) is 0 Å². The first kappa shape index (κ1) is 21.3. The van der Waals surface area contributed by atoms with Crippen molar-refractivity contribution in [1.29, 1.82) is 0 Å². The maximum atomic E-state index is 13.1. The Kier molecular flexibility index (Phi) is 7.29. The molecule has 0 N–H and O–H groups in total. The molecule has 0 aliphatic carbocycles. The van der Waals surface area contributed by atoms with Crippen LogP contribution in [0, 0.1) is 0 Å². The molecular weight excluding hydrogens is 368 g/mol. The van der Waals surface area contributed by atoms with Crippen molar-refractivity contribution in [3.05, 3.63) is 35.4 Å². The summed E-state index contributed by atoms with van der Waals surface area (Å²) in [5, 5.41) is 0. The van der Waals surface area contributed by atoms with E-state index in [4.69, 9.17) is 4.74 Å². The van der Waals surface area contributed by atoms with Crippen LogP contribution in [0.15, 0.2) is 24.3 Å². The summed E-state index contributed by atoms with van der Waals surface area (Å²) >= 11 is 0. The van der Waals surface area contributed by atoms with Gasteiger partial charge in [0.2, 0.25) is 11.8 Å². The molecule has 2 saturated heterocycles. The number of nitrogens with zero attached hydrogens (tertiary/aromatic N) is 2. The Morgan fingerprint density at radius 2 is 1.86 bits per heavy atom. The molecule has 3 rings (SSSR count). The van der Waals surface area contributed by atoms with Crippen LogP contribution >= 0.6 is 0 Å². The minimum Gasteiger partial charge on any atom is -0.464 e. The van der Waals surface area contributed by atoms with Crippen molar-refractivity contribution < 1.29 is 19.1 Å². The second-order valence-electron chi connectivity index (χ2n) is 7.89. The molecule has 1 aromatic rings. The highest BCUT2D eigenvalue weighted by atomic mass is 16.5. The van der Waals surface area contributed by atoms with E-state index in [0.29, 0.717) is 39.0 Å². The van der Waals surface area contributed by atoms with E-state index in [9.17, 15) is 14.4 Å². The molecule has 0 saturated carbocycles. The molecule has 6 nitrogen and oxygen atoms in total. The van der Waals surface area contributed by atoms with Crippen LogP contribution in [0.1, 0.15) is 63.5 Å². The number of esters is 1. The normalized spacial score (nSPS) is 22.1. The van der Waals surface area contributed by atoms with E-state index >= 15 is 0 Å². The molecule has 0 bridgehead atoms. The Bertz CT molecular complexity index is 748. The fourth-order valence-electron chi connectivity index (χ4n) is 4.50. The Hall–Kier alpha value is -2.37. The fourth-order valence-corrected chi connectivity index (χ4v) is 4.50. The number of benzene rings is 1. The summed E-state index contributed by atoms with van der Waals surface area (Å²) in [6.07, 6.45) is 4.84. The topological polar surface area (TPSA) is 66.9 Å². The van der Waals surface area contributed by atoms with E-state index in [2.05, 4.69) is 19.1 Å². The molecule has 2 atom stereocenters. The van der Waals surface area contributed by atoms with Gasteiger partial charge in [0.15, 0.2) is 0 Å². The lowest BCUT2D eigenvalue weighted by Gasteiger charge is -2.35. The van der Waals surface area contributed by atoms with Gasteiger partial charge in [-0.2, -0.15) is 0 Å². The van der Waals surface area contributed by atoms with Crippen LogP contribution in [0.5, 0.6) is 0 Å². The molecule has 0 spiro atoms. The van der Waals surface area contributed by atoms with Crippen molar-refractivity contribution in [2.24, 2.45) is 0 Å². The quantitative estimate of drug-likeness (QED) is 0.660.